The number of nitrogens with zero attached hydrogens (tertiary/aromatic N) is 1. The van der Waals surface area contributed by atoms with Crippen LogP contribution in [0.1, 0.15) is 47.4 Å². The van der Waals surface area contributed by atoms with Crippen molar-refractivity contribution >= 4 is 34.3 Å². The van der Waals surface area contributed by atoms with E-state index in [0.717, 1.165) is 0 Å². The molecule has 0 bridgehead atoms. The second-order valence-electron chi connectivity index (χ2n) is 9.25. The molecule has 1 N–H and O–H groups in total. The predicted octanol–water partition coefficient (Wildman–Crippen LogP) is 7.41. The summed E-state index contributed by atoms with van der Waals surface area (Å²) < 4.78 is 50.6. The van der Waals surface area contributed by atoms with Crippen LogP contribution in [0, 0.1) is 6.92 Å². The average molecular weight is 560 g/mol. The topological polar surface area (TPSA) is 77.8 Å². The second-order valence-corrected chi connectivity index (χ2v) is 9.68. The Morgan fingerprint density at radius 3 is 2.26 bits per heavy atom. The molecular weight excluding hydrogens is 535 g/mol. The van der Waals surface area contributed by atoms with E-state index < -0.39 is 23.7 Å². The molecule has 0 saturated carbocycles. The summed E-state index contributed by atoms with van der Waals surface area (Å²) in [6, 6.07) is 17.0. The van der Waals surface area contributed by atoms with Crippen molar-refractivity contribution in [3.63, 3.8) is 0 Å². The Balaban J connectivity index is 1.81. The molecule has 4 rings (SSSR count). The lowest BCUT2D eigenvalue weighted by Gasteiger charge is -2.25. The Morgan fingerprint density at radius 2 is 1.64 bits per heavy atom. The SMILES string of the molecule is CC[C@](C)(Oc1cccc(Cn2c(C)c(C(=O)c3ccc(Cl)cc3)c3ccc(OC(F)(F)F)cc32)c1)C(=O)O. The number of aliphatic carboxylic acids is 1. The van der Waals surface area contributed by atoms with Crippen LogP contribution >= 0.6 is 11.6 Å². The van der Waals surface area contributed by atoms with E-state index in [1.54, 1.807) is 66.9 Å². The standard InChI is InChI=1S/C29H25ClF3NO5/c1-4-28(3,27(36)37)38-21-7-5-6-18(14-21)16-34-17(2)25(26(35)19-8-10-20(30)11-9-19)23-13-12-22(15-24(23)34)39-29(31,32)33/h5-15H,4,16H2,1-3H3,(H,36,37)/t28-/m0/s1. The van der Waals surface area contributed by atoms with E-state index in [1.165, 1.54) is 25.1 Å². The lowest BCUT2D eigenvalue weighted by atomic mass is 10.0. The fraction of sp³-hybridized carbons (Fsp3) is 0.241. The summed E-state index contributed by atoms with van der Waals surface area (Å²) >= 11 is 5.97. The van der Waals surface area contributed by atoms with Crippen LogP contribution in [0.25, 0.3) is 10.9 Å². The molecule has 4 aromatic rings. The third kappa shape index (κ3) is 6.04. The van der Waals surface area contributed by atoms with Crippen molar-refractivity contribution in [1.82, 2.24) is 4.57 Å². The highest BCUT2D eigenvalue weighted by Gasteiger charge is 2.34. The molecule has 39 heavy (non-hydrogen) atoms. The first kappa shape index (κ1) is 28.0. The average Bonchev–Trinajstić information content (AvgIpc) is 3.13. The minimum Gasteiger partial charge on any atom is -0.478 e. The van der Waals surface area contributed by atoms with Gasteiger partial charge in [-0.1, -0.05) is 30.7 Å². The van der Waals surface area contributed by atoms with Crippen LogP contribution in [0.3, 0.4) is 0 Å². The number of carbonyl (C=O) groups is 2. The molecule has 0 aliphatic carbocycles. The molecule has 0 aliphatic heterocycles. The molecule has 0 amide bonds. The summed E-state index contributed by atoms with van der Waals surface area (Å²) in [6.07, 6.45) is -4.66. The number of carboxylic acid groups (broad SMARTS) is 1. The molecule has 1 heterocycles. The molecule has 0 spiro atoms. The predicted molar refractivity (Wildman–Crippen MR) is 141 cm³/mol. The van der Waals surface area contributed by atoms with Crippen molar-refractivity contribution in [2.45, 2.75) is 45.7 Å². The number of carboxylic acids is 1. The van der Waals surface area contributed by atoms with E-state index >= 15 is 0 Å². The van der Waals surface area contributed by atoms with Gasteiger partial charge >= 0.3 is 12.3 Å². The van der Waals surface area contributed by atoms with Gasteiger partial charge in [0.05, 0.1) is 11.1 Å². The third-order valence-corrected chi connectivity index (χ3v) is 6.82. The molecule has 1 atom stereocenters. The molecule has 0 unspecified atom stereocenters. The lowest BCUT2D eigenvalue weighted by molar-refractivity contribution is -0.274. The molecule has 0 fully saturated rings. The van der Waals surface area contributed by atoms with Crippen molar-refractivity contribution in [2.75, 3.05) is 0 Å². The van der Waals surface area contributed by atoms with Gasteiger partial charge in [-0.25, -0.2) is 4.79 Å². The number of fused-ring (bicyclic) bond motifs is 1. The van der Waals surface area contributed by atoms with Gasteiger partial charge in [0, 0.05) is 34.3 Å². The molecule has 0 aliphatic rings. The zero-order valence-corrected chi connectivity index (χ0v) is 22.1. The number of hydrogen-bond acceptors (Lipinski definition) is 4. The van der Waals surface area contributed by atoms with Gasteiger partial charge in [0.1, 0.15) is 11.5 Å². The zero-order valence-electron chi connectivity index (χ0n) is 21.3. The van der Waals surface area contributed by atoms with Crippen LogP contribution in [0.5, 0.6) is 11.5 Å². The van der Waals surface area contributed by atoms with Gasteiger partial charge in [0.25, 0.3) is 0 Å². The maximum Gasteiger partial charge on any atom is 0.573 e. The molecule has 0 saturated heterocycles. The van der Waals surface area contributed by atoms with Gasteiger partial charge in [-0.2, -0.15) is 0 Å². The summed E-state index contributed by atoms with van der Waals surface area (Å²) in [5.74, 6) is -1.51. The summed E-state index contributed by atoms with van der Waals surface area (Å²) in [5.41, 5.74) is 0.856. The van der Waals surface area contributed by atoms with Crippen LogP contribution in [0.2, 0.25) is 5.02 Å². The van der Waals surface area contributed by atoms with Crippen molar-refractivity contribution in [3.05, 3.63) is 94.1 Å². The highest BCUT2D eigenvalue weighted by atomic mass is 35.5. The van der Waals surface area contributed by atoms with Gasteiger partial charge in [-0.05, 0) is 74.4 Å². The molecular formula is C29H25ClF3NO5. The van der Waals surface area contributed by atoms with Gasteiger partial charge in [0.2, 0.25) is 5.60 Å². The normalized spacial score (nSPS) is 13.2. The number of halogens is 4. The monoisotopic (exact) mass is 559 g/mol. The van der Waals surface area contributed by atoms with E-state index in [4.69, 9.17) is 16.3 Å². The van der Waals surface area contributed by atoms with E-state index in [-0.39, 0.29) is 18.7 Å². The van der Waals surface area contributed by atoms with Crippen LogP contribution < -0.4 is 9.47 Å². The number of benzene rings is 3. The zero-order chi connectivity index (χ0) is 28.5. The summed E-state index contributed by atoms with van der Waals surface area (Å²) in [7, 11) is 0. The number of ether oxygens (including phenoxy) is 2. The molecule has 204 valence electrons. The van der Waals surface area contributed by atoms with Crippen molar-refractivity contribution < 1.29 is 37.3 Å². The quantitative estimate of drug-likeness (QED) is 0.216. The number of ketones is 1. The van der Waals surface area contributed by atoms with Gasteiger partial charge in [-0.15, -0.1) is 13.2 Å². The summed E-state index contributed by atoms with van der Waals surface area (Å²) in [5, 5.41) is 10.5. The van der Waals surface area contributed by atoms with Crippen LogP contribution in [-0.4, -0.2) is 33.4 Å². The smallest absolute Gasteiger partial charge is 0.478 e. The Hall–Kier alpha value is -3.98. The Morgan fingerprint density at radius 1 is 0.974 bits per heavy atom. The highest BCUT2D eigenvalue weighted by Crippen LogP contribution is 2.34. The van der Waals surface area contributed by atoms with Crippen LogP contribution in [0.15, 0.2) is 66.7 Å². The number of aromatic nitrogens is 1. The van der Waals surface area contributed by atoms with Gasteiger partial charge < -0.3 is 19.1 Å². The first-order valence-electron chi connectivity index (χ1n) is 12.0. The van der Waals surface area contributed by atoms with Crippen LogP contribution in [0.4, 0.5) is 13.2 Å². The Kier molecular flexibility index (Phi) is 7.66. The minimum atomic E-state index is -4.89. The minimum absolute atomic E-state index is 0.165. The fourth-order valence-corrected chi connectivity index (χ4v) is 4.43. The fourth-order valence-electron chi connectivity index (χ4n) is 4.31. The van der Waals surface area contributed by atoms with Crippen LogP contribution in [-0.2, 0) is 11.3 Å². The second kappa shape index (κ2) is 10.6. The molecule has 1 aromatic heterocycles. The molecule has 10 heteroatoms. The van der Waals surface area contributed by atoms with E-state index in [0.29, 0.717) is 44.1 Å². The Labute approximate surface area is 227 Å². The van der Waals surface area contributed by atoms with Crippen molar-refractivity contribution in [2.24, 2.45) is 0 Å². The first-order valence-corrected chi connectivity index (χ1v) is 12.4. The molecule has 0 radical (unpaired) electrons. The summed E-state index contributed by atoms with van der Waals surface area (Å²) in [4.78, 5) is 25.2. The largest absolute Gasteiger partial charge is 0.573 e. The van der Waals surface area contributed by atoms with Crippen molar-refractivity contribution in [1.29, 1.82) is 0 Å². The van der Waals surface area contributed by atoms with E-state index in [1.807, 2.05) is 0 Å². The highest BCUT2D eigenvalue weighted by molar-refractivity contribution is 6.30. The number of rotatable bonds is 9. The van der Waals surface area contributed by atoms with Crippen molar-refractivity contribution in [3.8, 4) is 11.5 Å². The third-order valence-electron chi connectivity index (χ3n) is 6.57. The maximum absolute atomic E-state index is 13.5. The Bertz CT molecular complexity index is 1550. The first-order chi connectivity index (χ1) is 18.3. The number of alkyl halides is 3. The number of carbonyl (C=O) groups excluding carboxylic acids is 1. The molecule has 3 aromatic carbocycles. The summed E-state index contributed by atoms with van der Waals surface area (Å²) in [6.45, 7) is 5.06. The lowest BCUT2D eigenvalue weighted by Crippen LogP contribution is -2.40. The van der Waals surface area contributed by atoms with E-state index in [9.17, 15) is 27.9 Å². The van der Waals surface area contributed by atoms with Gasteiger partial charge in [-0.3, -0.25) is 4.79 Å². The van der Waals surface area contributed by atoms with E-state index in [2.05, 4.69) is 4.74 Å². The number of hydrogen-bond donors (Lipinski definition) is 1. The maximum atomic E-state index is 13.5. The molecule has 6 nitrogen and oxygen atoms in total. The van der Waals surface area contributed by atoms with Gasteiger partial charge in [0.15, 0.2) is 5.78 Å².